The second-order valence-corrected chi connectivity index (χ2v) is 10.9. The number of benzene rings is 1. The molecular weight excluding hydrogens is 484 g/mol. The molecule has 1 aromatic carbocycles. The number of likely N-dealkylation sites (tertiary alicyclic amines) is 1. The molecule has 2 fully saturated rings. The van der Waals surface area contributed by atoms with Gasteiger partial charge in [-0.3, -0.25) is 14.4 Å². The normalized spacial score (nSPS) is 33.6. The molecule has 204 valence electrons. The minimum absolute atomic E-state index is 0.0610. The predicted octanol–water partition coefficient (Wildman–Crippen LogP) is 2.86. The quantitative estimate of drug-likeness (QED) is 0.456. The van der Waals surface area contributed by atoms with Crippen LogP contribution in [0.2, 0.25) is 0 Å². The van der Waals surface area contributed by atoms with Crippen LogP contribution in [0.3, 0.4) is 0 Å². The molecule has 0 aromatic heterocycles. The zero-order valence-electron chi connectivity index (χ0n) is 22.2. The number of cyclic esters (lactones) is 1. The van der Waals surface area contributed by atoms with Crippen LogP contribution < -0.4 is 0 Å². The lowest BCUT2D eigenvalue weighted by atomic mass is 9.78. The molecule has 2 amide bonds. The summed E-state index contributed by atoms with van der Waals surface area (Å²) in [7, 11) is 0. The molecule has 0 saturated carbocycles. The number of hydrogen-bond donors (Lipinski definition) is 1. The third kappa shape index (κ3) is 4.47. The van der Waals surface area contributed by atoms with Crippen LogP contribution in [0, 0.1) is 17.8 Å². The molecule has 1 unspecified atom stereocenters. The van der Waals surface area contributed by atoms with E-state index in [9.17, 15) is 19.5 Å². The molecule has 1 aromatic rings. The van der Waals surface area contributed by atoms with Crippen LogP contribution in [0.25, 0.3) is 0 Å². The number of amides is 2. The van der Waals surface area contributed by atoms with Crippen LogP contribution in [0.1, 0.15) is 45.1 Å². The summed E-state index contributed by atoms with van der Waals surface area (Å²) >= 11 is 0. The number of fused-ring (bicyclic) bond motifs is 2. The number of hydrogen-bond acceptors (Lipinski definition) is 6. The fourth-order valence-electron chi connectivity index (χ4n) is 6.52. The standard InChI is InChI=1S/C30H38N2O6/c1-3-20(2)22(19-33)32-26-28(35)31(18-21-12-7-6-8-13-21)16-11-15-30(26)25(27(32)34)24-23(38-30)14-9-4-5-10-17-37-29(24)36/h6-9,11-15,20,22-26,33H,3-5,10,16-19H2,1-2H3/b14-9-/t20-,22-,23+,24-,25-,26?,30-/m0/s1. The molecule has 2 saturated heterocycles. The van der Waals surface area contributed by atoms with Crippen molar-refractivity contribution in [2.24, 2.45) is 17.8 Å². The van der Waals surface area contributed by atoms with E-state index in [4.69, 9.17) is 9.47 Å². The molecule has 1 N–H and O–H groups in total. The second-order valence-electron chi connectivity index (χ2n) is 10.9. The zero-order valence-corrected chi connectivity index (χ0v) is 22.2. The summed E-state index contributed by atoms with van der Waals surface area (Å²) in [6.45, 7) is 4.71. The highest BCUT2D eigenvalue weighted by atomic mass is 16.6. The van der Waals surface area contributed by atoms with E-state index in [1.54, 1.807) is 9.80 Å². The molecule has 5 rings (SSSR count). The van der Waals surface area contributed by atoms with Crippen molar-refractivity contribution in [2.45, 2.75) is 69.9 Å². The monoisotopic (exact) mass is 522 g/mol. The molecule has 1 spiro atoms. The Kier molecular flexibility index (Phi) is 7.73. The van der Waals surface area contributed by atoms with Gasteiger partial charge in [-0.15, -0.1) is 0 Å². The number of carbonyl (C=O) groups excluding carboxylic acids is 3. The Morgan fingerprint density at radius 3 is 2.63 bits per heavy atom. The van der Waals surface area contributed by atoms with Gasteiger partial charge in [-0.1, -0.05) is 74.9 Å². The summed E-state index contributed by atoms with van der Waals surface area (Å²) in [4.78, 5) is 45.4. The van der Waals surface area contributed by atoms with Gasteiger partial charge in [0.1, 0.15) is 17.6 Å². The van der Waals surface area contributed by atoms with E-state index >= 15 is 0 Å². The smallest absolute Gasteiger partial charge is 0.312 e. The maximum Gasteiger partial charge on any atom is 0.312 e. The Morgan fingerprint density at radius 2 is 1.89 bits per heavy atom. The van der Waals surface area contributed by atoms with Crippen LogP contribution in [-0.4, -0.2) is 76.2 Å². The lowest BCUT2D eigenvalue weighted by Gasteiger charge is -2.40. The Labute approximate surface area is 224 Å². The van der Waals surface area contributed by atoms with Gasteiger partial charge in [-0.2, -0.15) is 0 Å². The van der Waals surface area contributed by atoms with Crippen molar-refractivity contribution in [1.29, 1.82) is 0 Å². The highest BCUT2D eigenvalue weighted by Gasteiger charge is 2.72. The maximum absolute atomic E-state index is 14.4. The largest absolute Gasteiger partial charge is 0.465 e. The van der Waals surface area contributed by atoms with Crippen molar-refractivity contribution in [2.75, 3.05) is 19.8 Å². The number of nitrogens with zero attached hydrogens (tertiary/aromatic N) is 2. The Balaban J connectivity index is 1.61. The SMILES string of the molecule is CC[C@H](C)[C@H](CO)N1C(=O)[C@@H]2[C@H]3C(=O)OCCCC/C=C\[C@H]3O[C@@]23C=CCN(Cc2ccccc2)C(=O)C13. The van der Waals surface area contributed by atoms with Crippen molar-refractivity contribution in [1.82, 2.24) is 9.80 Å². The lowest BCUT2D eigenvalue weighted by molar-refractivity contribution is -0.157. The average Bonchev–Trinajstić information content (AvgIpc) is 3.32. The Hall–Kier alpha value is -2.97. The van der Waals surface area contributed by atoms with Crippen LogP contribution >= 0.6 is 0 Å². The van der Waals surface area contributed by atoms with E-state index in [0.717, 1.165) is 31.2 Å². The Bertz CT molecular complexity index is 1100. The zero-order chi connectivity index (χ0) is 26.9. The third-order valence-electron chi connectivity index (χ3n) is 8.68. The molecule has 8 nitrogen and oxygen atoms in total. The molecule has 0 radical (unpaired) electrons. The molecule has 4 aliphatic rings. The topological polar surface area (TPSA) is 96.4 Å². The molecule has 38 heavy (non-hydrogen) atoms. The number of esters is 1. The number of aliphatic hydroxyl groups excluding tert-OH is 1. The first-order valence-corrected chi connectivity index (χ1v) is 13.9. The Morgan fingerprint density at radius 1 is 1.11 bits per heavy atom. The van der Waals surface area contributed by atoms with Gasteiger partial charge in [0.2, 0.25) is 11.8 Å². The third-order valence-corrected chi connectivity index (χ3v) is 8.68. The maximum atomic E-state index is 14.4. The van der Waals surface area contributed by atoms with Gasteiger partial charge < -0.3 is 24.4 Å². The van der Waals surface area contributed by atoms with Gasteiger partial charge in [0.15, 0.2) is 0 Å². The van der Waals surface area contributed by atoms with Crippen LogP contribution in [-0.2, 0) is 30.4 Å². The van der Waals surface area contributed by atoms with Crippen LogP contribution in [0.5, 0.6) is 0 Å². The fraction of sp³-hybridized carbons (Fsp3) is 0.567. The van der Waals surface area contributed by atoms with E-state index in [1.807, 2.05) is 68.5 Å². The summed E-state index contributed by atoms with van der Waals surface area (Å²) in [5.74, 6) is -2.87. The van der Waals surface area contributed by atoms with Crippen LogP contribution in [0.15, 0.2) is 54.6 Å². The highest BCUT2D eigenvalue weighted by molar-refractivity contribution is 5.99. The molecule has 0 bridgehead atoms. The number of rotatable bonds is 6. The van der Waals surface area contributed by atoms with E-state index in [2.05, 4.69) is 0 Å². The van der Waals surface area contributed by atoms with Crippen molar-refractivity contribution in [3.8, 4) is 0 Å². The van der Waals surface area contributed by atoms with Crippen molar-refractivity contribution >= 4 is 17.8 Å². The first-order valence-electron chi connectivity index (χ1n) is 13.9. The van der Waals surface area contributed by atoms with Crippen LogP contribution in [0.4, 0.5) is 0 Å². The van der Waals surface area contributed by atoms with Gasteiger partial charge >= 0.3 is 5.97 Å². The van der Waals surface area contributed by atoms with Gasteiger partial charge in [0.25, 0.3) is 0 Å². The molecule has 4 heterocycles. The summed E-state index contributed by atoms with van der Waals surface area (Å²) in [5, 5.41) is 10.5. The summed E-state index contributed by atoms with van der Waals surface area (Å²) < 4.78 is 12.3. The second kappa shape index (κ2) is 11.0. The fourth-order valence-corrected chi connectivity index (χ4v) is 6.52. The van der Waals surface area contributed by atoms with E-state index in [0.29, 0.717) is 19.7 Å². The molecule has 8 heteroatoms. The van der Waals surface area contributed by atoms with Gasteiger partial charge in [-0.25, -0.2) is 0 Å². The lowest BCUT2D eigenvalue weighted by Crippen LogP contribution is -2.59. The summed E-state index contributed by atoms with van der Waals surface area (Å²) in [6, 6.07) is 8.15. The van der Waals surface area contributed by atoms with Crippen molar-refractivity contribution in [3.63, 3.8) is 0 Å². The number of carbonyl (C=O) groups is 3. The first-order chi connectivity index (χ1) is 18.4. The van der Waals surface area contributed by atoms with Gasteiger partial charge in [-0.05, 0) is 30.7 Å². The number of ether oxygens (including phenoxy) is 2. The molecule has 4 aliphatic heterocycles. The number of allylic oxidation sites excluding steroid dienone is 1. The average molecular weight is 523 g/mol. The van der Waals surface area contributed by atoms with Crippen molar-refractivity contribution < 1.29 is 29.0 Å². The predicted molar refractivity (Wildman–Crippen MR) is 140 cm³/mol. The minimum atomic E-state index is -1.33. The molecule has 7 atom stereocenters. The van der Waals surface area contributed by atoms with E-state index in [-0.39, 0.29) is 24.3 Å². The van der Waals surface area contributed by atoms with Gasteiger partial charge in [0.05, 0.1) is 31.3 Å². The summed E-state index contributed by atoms with van der Waals surface area (Å²) in [5.41, 5.74) is -0.348. The molecule has 0 aliphatic carbocycles. The minimum Gasteiger partial charge on any atom is -0.465 e. The van der Waals surface area contributed by atoms with Gasteiger partial charge in [0, 0.05) is 13.1 Å². The van der Waals surface area contributed by atoms with E-state index in [1.165, 1.54) is 0 Å². The molecular formula is C30H38N2O6. The number of aliphatic hydroxyl groups is 1. The first kappa shape index (κ1) is 26.6. The summed E-state index contributed by atoms with van der Waals surface area (Å²) in [6.07, 6.45) is 10.1. The van der Waals surface area contributed by atoms with Crippen molar-refractivity contribution in [3.05, 3.63) is 60.2 Å². The highest BCUT2D eigenvalue weighted by Crippen LogP contribution is 2.54. The van der Waals surface area contributed by atoms with E-state index < -0.39 is 41.6 Å².